The maximum atomic E-state index is 11.7. The number of unbranched alkanes of at least 4 members (excludes halogenated alkanes) is 12. The van der Waals surface area contributed by atoms with Crippen LogP contribution in [0, 0.1) is 0 Å². The highest BCUT2D eigenvalue weighted by Gasteiger charge is 2.06. The minimum atomic E-state index is -0.154. The Morgan fingerprint density at radius 1 is 0.571 bits per heavy atom. The summed E-state index contributed by atoms with van der Waals surface area (Å²) < 4.78 is 10.5. The van der Waals surface area contributed by atoms with Crippen LogP contribution < -0.4 is 0 Å². The lowest BCUT2D eigenvalue weighted by molar-refractivity contribution is -0.146. The molecule has 0 saturated heterocycles. The average Bonchev–Trinajstić information content (AvgIpc) is 2.69. The summed E-state index contributed by atoms with van der Waals surface area (Å²) in [6.45, 7) is 3.26. The van der Waals surface area contributed by atoms with Crippen molar-refractivity contribution in [2.45, 2.75) is 116 Å². The maximum Gasteiger partial charge on any atom is 0.305 e. The Morgan fingerprint density at radius 3 is 1.39 bits per heavy atom. The summed E-state index contributed by atoms with van der Waals surface area (Å²) in [7, 11) is 0. The molecule has 28 heavy (non-hydrogen) atoms. The Kier molecular flexibility index (Phi) is 21.9. The third-order valence-corrected chi connectivity index (χ3v) is 5.08. The molecule has 0 radical (unpaired) electrons. The van der Waals surface area contributed by atoms with E-state index in [9.17, 15) is 9.59 Å². The van der Waals surface area contributed by atoms with Gasteiger partial charge in [-0.05, 0) is 32.1 Å². The number of hydrogen-bond acceptors (Lipinski definition) is 4. The molecule has 0 aliphatic carbocycles. The standard InChI is InChI=1S/C23H43ClO4/c1-2-3-4-5-7-10-15-20-27-22(25)17-12-13-18-23(26)28-21-16-11-8-6-9-14-19-24/h2-21H2,1H3. The number of ether oxygens (including phenoxy) is 2. The van der Waals surface area contributed by atoms with Crippen LogP contribution >= 0.6 is 11.6 Å². The fourth-order valence-corrected chi connectivity index (χ4v) is 3.21. The Balaban J connectivity index is 3.30. The van der Waals surface area contributed by atoms with Gasteiger partial charge >= 0.3 is 11.9 Å². The quantitative estimate of drug-likeness (QED) is 0.115. The summed E-state index contributed by atoms with van der Waals surface area (Å²) in [5.41, 5.74) is 0. The lowest BCUT2D eigenvalue weighted by atomic mass is 10.1. The molecule has 0 spiro atoms. The number of carbonyl (C=O) groups is 2. The summed E-state index contributed by atoms with van der Waals surface area (Å²) in [5, 5.41) is 0. The zero-order valence-electron chi connectivity index (χ0n) is 18.2. The topological polar surface area (TPSA) is 52.6 Å². The summed E-state index contributed by atoms with van der Waals surface area (Å²) >= 11 is 5.64. The van der Waals surface area contributed by atoms with Crippen LogP contribution in [0.25, 0.3) is 0 Å². The number of hydrogen-bond donors (Lipinski definition) is 0. The Labute approximate surface area is 178 Å². The fraction of sp³-hybridized carbons (Fsp3) is 0.913. The van der Waals surface area contributed by atoms with E-state index in [2.05, 4.69) is 6.92 Å². The molecule has 0 aliphatic heterocycles. The average molecular weight is 419 g/mol. The largest absolute Gasteiger partial charge is 0.466 e. The van der Waals surface area contributed by atoms with Crippen LogP contribution in [0.4, 0.5) is 0 Å². The second-order valence-corrected chi connectivity index (χ2v) is 7.96. The SMILES string of the molecule is CCCCCCCCCOC(=O)CCCCC(=O)OCCCCCCCCCl. The number of halogens is 1. The second-order valence-electron chi connectivity index (χ2n) is 7.58. The van der Waals surface area contributed by atoms with E-state index in [0.717, 1.165) is 38.0 Å². The van der Waals surface area contributed by atoms with Crippen molar-refractivity contribution in [2.75, 3.05) is 19.1 Å². The molecule has 0 rings (SSSR count). The van der Waals surface area contributed by atoms with Crippen molar-refractivity contribution in [1.29, 1.82) is 0 Å². The van der Waals surface area contributed by atoms with Crippen LogP contribution in [-0.4, -0.2) is 31.0 Å². The van der Waals surface area contributed by atoms with Crippen LogP contribution in [0.3, 0.4) is 0 Å². The molecule has 0 heterocycles. The molecular weight excluding hydrogens is 376 g/mol. The van der Waals surface area contributed by atoms with Gasteiger partial charge in [0.05, 0.1) is 13.2 Å². The van der Waals surface area contributed by atoms with Crippen molar-refractivity contribution in [1.82, 2.24) is 0 Å². The number of carbonyl (C=O) groups excluding carboxylic acids is 2. The Morgan fingerprint density at radius 2 is 0.964 bits per heavy atom. The summed E-state index contributed by atoms with van der Waals surface area (Å²) in [5.74, 6) is 0.446. The van der Waals surface area contributed by atoms with Crippen molar-refractivity contribution in [2.24, 2.45) is 0 Å². The van der Waals surface area contributed by atoms with Gasteiger partial charge in [0.2, 0.25) is 0 Å². The van der Waals surface area contributed by atoms with Gasteiger partial charge in [0.1, 0.15) is 0 Å². The van der Waals surface area contributed by atoms with Crippen LogP contribution in [0.1, 0.15) is 116 Å². The predicted octanol–water partition coefficient (Wildman–Crippen LogP) is 6.96. The first-order chi connectivity index (χ1) is 13.7. The van der Waals surface area contributed by atoms with E-state index >= 15 is 0 Å². The van der Waals surface area contributed by atoms with Crippen LogP contribution in [0.5, 0.6) is 0 Å². The summed E-state index contributed by atoms with van der Waals surface area (Å²) in [4.78, 5) is 23.3. The van der Waals surface area contributed by atoms with Crippen molar-refractivity contribution >= 4 is 23.5 Å². The third kappa shape index (κ3) is 21.5. The maximum absolute atomic E-state index is 11.7. The molecule has 0 saturated carbocycles. The summed E-state index contributed by atoms with van der Waals surface area (Å²) in [6, 6.07) is 0. The molecular formula is C23H43ClO4. The van der Waals surface area contributed by atoms with Gasteiger partial charge in [-0.2, -0.15) is 0 Å². The highest BCUT2D eigenvalue weighted by atomic mass is 35.5. The van der Waals surface area contributed by atoms with E-state index in [4.69, 9.17) is 21.1 Å². The molecule has 0 atom stereocenters. The van der Waals surface area contributed by atoms with E-state index < -0.39 is 0 Å². The number of alkyl halides is 1. The molecule has 4 nitrogen and oxygen atoms in total. The van der Waals surface area contributed by atoms with Gasteiger partial charge < -0.3 is 9.47 Å². The Bertz CT molecular complexity index is 327. The molecule has 0 aromatic heterocycles. The first-order valence-electron chi connectivity index (χ1n) is 11.6. The minimum Gasteiger partial charge on any atom is -0.466 e. The molecule has 0 unspecified atom stereocenters. The van der Waals surface area contributed by atoms with Crippen LogP contribution in [0.15, 0.2) is 0 Å². The highest BCUT2D eigenvalue weighted by molar-refractivity contribution is 6.17. The first-order valence-corrected chi connectivity index (χ1v) is 12.1. The van der Waals surface area contributed by atoms with Gasteiger partial charge in [0.25, 0.3) is 0 Å². The van der Waals surface area contributed by atoms with Crippen LogP contribution in [0.2, 0.25) is 0 Å². The monoisotopic (exact) mass is 418 g/mol. The minimum absolute atomic E-state index is 0.145. The molecule has 0 aromatic rings. The van der Waals surface area contributed by atoms with Crippen LogP contribution in [-0.2, 0) is 19.1 Å². The van der Waals surface area contributed by atoms with Crippen molar-refractivity contribution < 1.29 is 19.1 Å². The van der Waals surface area contributed by atoms with Gasteiger partial charge in [-0.25, -0.2) is 0 Å². The fourth-order valence-electron chi connectivity index (χ4n) is 3.02. The Hall–Kier alpha value is -0.770. The van der Waals surface area contributed by atoms with Gasteiger partial charge in [0, 0.05) is 18.7 Å². The van der Waals surface area contributed by atoms with Gasteiger partial charge in [-0.1, -0.05) is 71.1 Å². The third-order valence-electron chi connectivity index (χ3n) is 4.81. The normalized spacial score (nSPS) is 10.8. The zero-order valence-corrected chi connectivity index (χ0v) is 18.9. The first kappa shape index (κ1) is 27.2. The molecule has 0 aliphatic rings. The number of rotatable bonds is 21. The molecule has 0 bridgehead atoms. The van der Waals surface area contributed by atoms with Gasteiger partial charge in [0.15, 0.2) is 0 Å². The lowest BCUT2D eigenvalue weighted by Crippen LogP contribution is -2.08. The molecule has 166 valence electrons. The van der Waals surface area contributed by atoms with E-state index in [1.165, 1.54) is 51.4 Å². The predicted molar refractivity (Wildman–Crippen MR) is 117 cm³/mol. The van der Waals surface area contributed by atoms with Crippen molar-refractivity contribution in [3.8, 4) is 0 Å². The number of esters is 2. The molecule has 0 fully saturated rings. The van der Waals surface area contributed by atoms with Crippen molar-refractivity contribution in [3.05, 3.63) is 0 Å². The van der Waals surface area contributed by atoms with E-state index in [-0.39, 0.29) is 11.9 Å². The van der Waals surface area contributed by atoms with Crippen molar-refractivity contribution in [3.63, 3.8) is 0 Å². The molecule has 0 amide bonds. The molecule has 0 N–H and O–H groups in total. The zero-order chi connectivity index (χ0) is 20.7. The van der Waals surface area contributed by atoms with Gasteiger partial charge in [-0.15, -0.1) is 11.6 Å². The summed E-state index contributed by atoms with van der Waals surface area (Å²) in [6.07, 6.45) is 17.3. The highest BCUT2D eigenvalue weighted by Crippen LogP contribution is 2.09. The molecule has 0 aromatic carbocycles. The smallest absolute Gasteiger partial charge is 0.305 e. The van der Waals surface area contributed by atoms with Gasteiger partial charge in [-0.3, -0.25) is 9.59 Å². The second kappa shape index (κ2) is 22.5. The van der Waals surface area contributed by atoms with E-state index in [1.807, 2.05) is 0 Å². The van der Waals surface area contributed by atoms with E-state index in [0.29, 0.717) is 38.9 Å². The molecule has 5 heteroatoms. The lowest BCUT2D eigenvalue weighted by Gasteiger charge is -2.06. The van der Waals surface area contributed by atoms with E-state index in [1.54, 1.807) is 0 Å².